The first-order chi connectivity index (χ1) is 9.88. The van der Waals surface area contributed by atoms with E-state index in [4.69, 9.17) is 22.7 Å². The van der Waals surface area contributed by atoms with Gasteiger partial charge in [-0.05, 0) is 31.2 Å². The SMILES string of the molecule is Cc1[nH]ncc1S(=O)(=O)Nc1ccc(OCC(N)=S)cc1. The molecule has 0 fully saturated rings. The first-order valence-electron chi connectivity index (χ1n) is 5.92. The van der Waals surface area contributed by atoms with E-state index >= 15 is 0 Å². The van der Waals surface area contributed by atoms with Crippen LogP contribution in [0.4, 0.5) is 5.69 Å². The van der Waals surface area contributed by atoms with Crippen LogP contribution in [0.2, 0.25) is 0 Å². The third kappa shape index (κ3) is 3.92. The van der Waals surface area contributed by atoms with Crippen LogP contribution in [0.3, 0.4) is 0 Å². The van der Waals surface area contributed by atoms with Crippen molar-refractivity contribution in [2.45, 2.75) is 11.8 Å². The number of rotatable bonds is 6. The number of hydrogen-bond donors (Lipinski definition) is 3. The van der Waals surface area contributed by atoms with Gasteiger partial charge in [-0.1, -0.05) is 12.2 Å². The molecule has 0 aliphatic carbocycles. The van der Waals surface area contributed by atoms with Crippen LogP contribution >= 0.6 is 12.2 Å². The number of nitrogens with two attached hydrogens (primary N) is 1. The lowest BCUT2D eigenvalue weighted by Gasteiger charge is -2.09. The van der Waals surface area contributed by atoms with Gasteiger partial charge in [0.25, 0.3) is 10.0 Å². The van der Waals surface area contributed by atoms with E-state index in [9.17, 15) is 8.42 Å². The lowest BCUT2D eigenvalue weighted by atomic mass is 10.3. The van der Waals surface area contributed by atoms with Crippen molar-refractivity contribution in [1.82, 2.24) is 10.2 Å². The highest BCUT2D eigenvalue weighted by Gasteiger charge is 2.18. The molecule has 0 spiro atoms. The molecule has 0 saturated heterocycles. The summed E-state index contributed by atoms with van der Waals surface area (Å²) >= 11 is 4.70. The Labute approximate surface area is 127 Å². The van der Waals surface area contributed by atoms with Crippen molar-refractivity contribution >= 4 is 32.9 Å². The number of ether oxygens (including phenoxy) is 1. The van der Waals surface area contributed by atoms with E-state index < -0.39 is 10.0 Å². The van der Waals surface area contributed by atoms with Gasteiger partial charge in [0.05, 0.1) is 11.9 Å². The summed E-state index contributed by atoms with van der Waals surface area (Å²) in [5.41, 5.74) is 6.21. The Kier molecular flexibility index (Phi) is 4.43. The highest BCUT2D eigenvalue weighted by molar-refractivity contribution is 7.92. The topological polar surface area (TPSA) is 110 Å². The first-order valence-corrected chi connectivity index (χ1v) is 7.81. The number of sulfonamides is 1. The highest BCUT2D eigenvalue weighted by Crippen LogP contribution is 2.20. The summed E-state index contributed by atoms with van der Waals surface area (Å²) < 4.78 is 32.0. The van der Waals surface area contributed by atoms with Crippen LogP contribution in [0.5, 0.6) is 5.75 Å². The van der Waals surface area contributed by atoms with Crippen molar-refractivity contribution in [3.8, 4) is 5.75 Å². The number of anilines is 1. The number of aromatic amines is 1. The smallest absolute Gasteiger partial charge is 0.265 e. The second kappa shape index (κ2) is 6.10. The van der Waals surface area contributed by atoms with Crippen molar-refractivity contribution in [2.24, 2.45) is 5.73 Å². The van der Waals surface area contributed by atoms with Gasteiger partial charge in [0.1, 0.15) is 22.2 Å². The number of hydrogen-bond acceptors (Lipinski definition) is 5. The highest BCUT2D eigenvalue weighted by atomic mass is 32.2. The quantitative estimate of drug-likeness (QED) is 0.688. The van der Waals surface area contributed by atoms with Crippen LogP contribution < -0.4 is 15.2 Å². The second-order valence-corrected chi connectivity index (χ2v) is 6.42. The predicted molar refractivity (Wildman–Crippen MR) is 82.9 cm³/mol. The normalized spacial score (nSPS) is 11.1. The maximum Gasteiger partial charge on any atom is 0.265 e. The average Bonchev–Trinajstić information content (AvgIpc) is 2.84. The summed E-state index contributed by atoms with van der Waals surface area (Å²) in [7, 11) is -3.66. The molecule has 21 heavy (non-hydrogen) atoms. The molecule has 0 unspecified atom stereocenters. The number of aryl methyl sites for hydroxylation is 1. The molecule has 9 heteroatoms. The molecule has 0 bridgehead atoms. The van der Waals surface area contributed by atoms with E-state index in [2.05, 4.69) is 14.9 Å². The summed E-state index contributed by atoms with van der Waals surface area (Å²) in [6.07, 6.45) is 1.26. The van der Waals surface area contributed by atoms with Crippen molar-refractivity contribution in [1.29, 1.82) is 0 Å². The molecule has 4 N–H and O–H groups in total. The predicted octanol–water partition coefficient (Wildman–Crippen LogP) is 1.18. The lowest BCUT2D eigenvalue weighted by Crippen LogP contribution is -2.17. The van der Waals surface area contributed by atoms with E-state index in [0.717, 1.165) is 0 Å². The molecule has 0 aliphatic rings. The number of benzene rings is 1. The summed E-state index contributed by atoms with van der Waals surface area (Å²) in [5, 5.41) is 6.28. The fourth-order valence-electron chi connectivity index (χ4n) is 1.59. The van der Waals surface area contributed by atoms with Crippen molar-refractivity contribution in [3.05, 3.63) is 36.2 Å². The zero-order chi connectivity index (χ0) is 15.5. The van der Waals surface area contributed by atoms with Crippen molar-refractivity contribution in [3.63, 3.8) is 0 Å². The molecule has 0 radical (unpaired) electrons. The molecule has 0 aliphatic heterocycles. The third-order valence-corrected chi connectivity index (χ3v) is 4.17. The van der Waals surface area contributed by atoms with Gasteiger partial charge < -0.3 is 10.5 Å². The van der Waals surface area contributed by atoms with Gasteiger partial charge in [0, 0.05) is 5.69 Å². The number of nitrogens with zero attached hydrogens (tertiary/aromatic N) is 1. The minimum Gasteiger partial charge on any atom is -0.487 e. The molecule has 0 amide bonds. The standard InChI is InChI=1S/C12H14N4O3S2/c1-8-11(6-14-15-8)21(17,18)16-9-2-4-10(5-3-9)19-7-12(13)20/h2-6,16H,7H2,1H3,(H2,13,20)(H,14,15). The Morgan fingerprint density at radius 3 is 2.62 bits per heavy atom. The van der Waals surface area contributed by atoms with E-state index in [1.165, 1.54) is 6.20 Å². The molecule has 7 nitrogen and oxygen atoms in total. The van der Waals surface area contributed by atoms with Gasteiger partial charge in [0.15, 0.2) is 0 Å². The minimum atomic E-state index is -3.66. The maximum absolute atomic E-state index is 12.1. The average molecular weight is 326 g/mol. The zero-order valence-electron chi connectivity index (χ0n) is 11.2. The summed E-state index contributed by atoms with van der Waals surface area (Å²) in [6.45, 7) is 1.77. The van der Waals surface area contributed by atoms with Crippen LogP contribution in [-0.2, 0) is 10.0 Å². The fraction of sp³-hybridized carbons (Fsp3) is 0.167. The Balaban J connectivity index is 2.10. The first kappa shape index (κ1) is 15.3. The molecular formula is C12H14N4O3S2. The van der Waals surface area contributed by atoms with E-state index in [1.807, 2.05) is 0 Å². The van der Waals surface area contributed by atoms with Gasteiger partial charge in [-0.3, -0.25) is 9.82 Å². The van der Waals surface area contributed by atoms with Crippen LogP contribution in [0, 0.1) is 6.92 Å². The van der Waals surface area contributed by atoms with E-state index in [-0.39, 0.29) is 16.5 Å². The molecule has 1 heterocycles. The van der Waals surface area contributed by atoms with E-state index in [0.29, 0.717) is 17.1 Å². The molecule has 0 atom stereocenters. The Morgan fingerprint density at radius 1 is 1.43 bits per heavy atom. The molecule has 1 aromatic carbocycles. The summed E-state index contributed by atoms with van der Waals surface area (Å²) in [6, 6.07) is 6.42. The minimum absolute atomic E-state index is 0.108. The number of thiocarbonyl (C=S) groups is 1. The summed E-state index contributed by atoms with van der Waals surface area (Å²) in [4.78, 5) is 0.353. The Morgan fingerprint density at radius 2 is 2.10 bits per heavy atom. The lowest BCUT2D eigenvalue weighted by molar-refractivity contribution is 0.377. The van der Waals surface area contributed by atoms with Gasteiger partial charge in [-0.25, -0.2) is 8.42 Å². The number of nitrogens with one attached hydrogen (secondary N) is 2. The van der Waals surface area contributed by atoms with E-state index in [1.54, 1.807) is 31.2 Å². The van der Waals surface area contributed by atoms with Gasteiger partial charge in [-0.15, -0.1) is 0 Å². The molecule has 0 saturated carbocycles. The molecular weight excluding hydrogens is 312 g/mol. The second-order valence-electron chi connectivity index (χ2n) is 4.24. The van der Waals surface area contributed by atoms with Crippen molar-refractivity contribution in [2.75, 3.05) is 11.3 Å². The van der Waals surface area contributed by atoms with Gasteiger partial charge in [-0.2, -0.15) is 5.10 Å². The molecule has 2 aromatic rings. The maximum atomic E-state index is 12.1. The Bertz CT molecular complexity index is 738. The van der Waals surface area contributed by atoms with Gasteiger partial charge in [0.2, 0.25) is 0 Å². The van der Waals surface area contributed by atoms with Crippen LogP contribution in [-0.4, -0.2) is 30.2 Å². The number of aromatic nitrogens is 2. The van der Waals surface area contributed by atoms with Gasteiger partial charge >= 0.3 is 0 Å². The molecule has 2 rings (SSSR count). The van der Waals surface area contributed by atoms with Crippen molar-refractivity contribution < 1.29 is 13.2 Å². The van der Waals surface area contributed by atoms with Crippen LogP contribution in [0.15, 0.2) is 35.4 Å². The Hall–Kier alpha value is -2.13. The monoisotopic (exact) mass is 326 g/mol. The fourth-order valence-corrected chi connectivity index (χ4v) is 2.85. The number of H-pyrrole nitrogens is 1. The van der Waals surface area contributed by atoms with Crippen LogP contribution in [0.1, 0.15) is 5.69 Å². The summed E-state index contributed by atoms with van der Waals surface area (Å²) in [5.74, 6) is 0.547. The van der Waals surface area contributed by atoms with Crippen LogP contribution in [0.25, 0.3) is 0 Å². The molecule has 112 valence electrons. The molecule has 1 aromatic heterocycles. The zero-order valence-corrected chi connectivity index (χ0v) is 12.8. The third-order valence-electron chi connectivity index (χ3n) is 2.56. The largest absolute Gasteiger partial charge is 0.487 e.